The van der Waals surface area contributed by atoms with Crippen LogP contribution in [-0.4, -0.2) is 5.71 Å². The first-order valence-corrected chi connectivity index (χ1v) is 9.25. The highest BCUT2D eigenvalue weighted by molar-refractivity contribution is 8.02. The molecule has 0 saturated heterocycles. The van der Waals surface area contributed by atoms with E-state index in [0.29, 0.717) is 0 Å². The largest absolute Gasteiger partial charge is 0.248 e. The van der Waals surface area contributed by atoms with E-state index in [-0.39, 0.29) is 5.82 Å². The third-order valence-corrected chi connectivity index (χ3v) is 5.01. The molecule has 0 fully saturated rings. The van der Waals surface area contributed by atoms with Crippen molar-refractivity contribution in [2.75, 3.05) is 0 Å². The smallest absolute Gasteiger partial charge is 0.123 e. The summed E-state index contributed by atoms with van der Waals surface area (Å²) < 4.78 is 12.9. The highest BCUT2D eigenvalue weighted by Crippen LogP contribution is 2.22. The maximum atomic E-state index is 12.9. The van der Waals surface area contributed by atoms with Crippen LogP contribution >= 0.6 is 23.1 Å². The van der Waals surface area contributed by atoms with Gasteiger partial charge in [0.1, 0.15) is 5.82 Å². The summed E-state index contributed by atoms with van der Waals surface area (Å²) in [5.41, 5.74) is 3.07. The topological polar surface area (TPSA) is 12.4 Å². The fourth-order valence-corrected chi connectivity index (χ4v) is 3.39. The van der Waals surface area contributed by atoms with E-state index >= 15 is 0 Å². The molecular formula is C20H16FNS2. The summed E-state index contributed by atoms with van der Waals surface area (Å²) in [6, 6.07) is 18.7. The molecule has 0 bridgehead atoms. The molecule has 1 heterocycles. The van der Waals surface area contributed by atoms with Gasteiger partial charge in [-0.25, -0.2) is 9.38 Å². The zero-order valence-electron chi connectivity index (χ0n) is 13.1. The summed E-state index contributed by atoms with van der Waals surface area (Å²) in [6.45, 7) is 2.06. The van der Waals surface area contributed by atoms with Gasteiger partial charge in [-0.15, -0.1) is 11.3 Å². The number of aliphatic imine (C=N–C) groups is 1. The van der Waals surface area contributed by atoms with E-state index in [1.807, 2.05) is 35.1 Å². The first kappa shape index (κ1) is 16.7. The van der Waals surface area contributed by atoms with E-state index in [4.69, 9.17) is 4.99 Å². The second-order valence-electron chi connectivity index (χ2n) is 5.18. The molecule has 0 N–H and O–H groups in total. The van der Waals surface area contributed by atoms with E-state index in [0.717, 1.165) is 21.2 Å². The summed E-state index contributed by atoms with van der Waals surface area (Å²) in [6.07, 6.45) is 2.00. The van der Waals surface area contributed by atoms with E-state index in [1.165, 1.54) is 17.7 Å². The van der Waals surface area contributed by atoms with Crippen molar-refractivity contribution in [3.05, 3.63) is 93.8 Å². The van der Waals surface area contributed by atoms with Crippen LogP contribution in [0.15, 0.2) is 87.4 Å². The van der Waals surface area contributed by atoms with Crippen LogP contribution in [0.2, 0.25) is 0 Å². The molecule has 2 aromatic carbocycles. The number of benzene rings is 2. The number of nitrogens with zero attached hydrogens (tertiary/aromatic N) is 1. The second kappa shape index (κ2) is 8.08. The number of aryl methyl sites for hydroxylation is 1. The van der Waals surface area contributed by atoms with Crippen LogP contribution in [0.5, 0.6) is 0 Å². The number of halogens is 1. The van der Waals surface area contributed by atoms with Gasteiger partial charge in [-0.1, -0.05) is 35.5 Å². The van der Waals surface area contributed by atoms with Crippen molar-refractivity contribution in [3.8, 4) is 0 Å². The van der Waals surface area contributed by atoms with Crippen molar-refractivity contribution in [2.45, 2.75) is 11.8 Å². The molecule has 0 amide bonds. The van der Waals surface area contributed by atoms with Crippen LogP contribution in [-0.2, 0) is 0 Å². The van der Waals surface area contributed by atoms with Gasteiger partial charge in [-0.3, -0.25) is 0 Å². The van der Waals surface area contributed by atoms with Gasteiger partial charge < -0.3 is 0 Å². The monoisotopic (exact) mass is 353 g/mol. The minimum Gasteiger partial charge on any atom is -0.248 e. The fraction of sp³-hybridized carbons (Fsp3) is 0.0500. The molecule has 0 spiro atoms. The molecule has 0 aliphatic heterocycles. The van der Waals surface area contributed by atoms with Crippen LogP contribution in [0.3, 0.4) is 0 Å². The molecule has 4 heteroatoms. The molecule has 0 atom stereocenters. The van der Waals surface area contributed by atoms with Gasteiger partial charge in [0.2, 0.25) is 0 Å². The second-order valence-corrected chi connectivity index (χ2v) is 7.11. The highest BCUT2D eigenvalue weighted by Gasteiger charge is 2.02. The van der Waals surface area contributed by atoms with Crippen molar-refractivity contribution < 1.29 is 4.39 Å². The van der Waals surface area contributed by atoms with Crippen molar-refractivity contribution in [1.29, 1.82) is 0 Å². The molecule has 0 aliphatic rings. The van der Waals surface area contributed by atoms with Gasteiger partial charge in [-0.2, -0.15) is 0 Å². The molecule has 3 rings (SSSR count). The Bertz CT molecular complexity index is 832. The van der Waals surface area contributed by atoms with Gasteiger partial charge in [0.05, 0.1) is 16.3 Å². The minimum atomic E-state index is -0.219. The maximum Gasteiger partial charge on any atom is 0.123 e. The molecule has 120 valence electrons. The SMILES string of the molecule is Cc1ccc(N=C(C=CSc2ccc(F)cc2)c2cccs2)cc1. The van der Waals surface area contributed by atoms with Gasteiger partial charge in [0.15, 0.2) is 0 Å². The van der Waals surface area contributed by atoms with E-state index < -0.39 is 0 Å². The predicted molar refractivity (Wildman–Crippen MR) is 103 cm³/mol. The predicted octanol–water partition coefficient (Wildman–Crippen LogP) is 6.62. The Labute approximate surface area is 149 Å². The number of rotatable bonds is 5. The van der Waals surface area contributed by atoms with Crippen LogP contribution in [0.25, 0.3) is 0 Å². The molecule has 24 heavy (non-hydrogen) atoms. The third-order valence-electron chi connectivity index (χ3n) is 3.30. The lowest BCUT2D eigenvalue weighted by atomic mass is 10.2. The summed E-state index contributed by atoms with van der Waals surface area (Å²) in [5, 5.41) is 4.03. The normalized spacial score (nSPS) is 12.0. The number of allylic oxidation sites excluding steroid dienone is 1. The first-order chi connectivity index (χ1) is 11.7. The zero-order valence-corrected chi connectivity index (χ0v) is 14.8. The highest BCUT2D eigenvalue weighted by atomic mass is 32.2. The third kappa shape index (κ3) is 4.66. The summed E-state index contributed by atoms with van der Waals surface area (Å²) in [4.78, 5) is 6.87. The van der Waals surface area contributed by atoms with Gasteiger partial charge >= 0.3 is 0 Å². The van der Waals surface area contributed by atoms with Crippen molar-refractivity contribution >= 4 is 34.5 Å². The Hall–Kier alpha value is -2.17. The van der Waals surface area contributed by atoms with E-state index in [2.05, 4.69) is 25.1 Å². The Morgan fingerprint density at radius 1 is 1.04 bits per heavy atom. The molecule has 3 aromatic rings. The average molecular weight is 353 g/mol. The summed E-state index contributed by atoms with van der Waals surface area (Å²) in [7, 11) is 0. The Morgan fingerprint density at radius 2 is 1.79 bits per heavy atom. The zero-order chi connectivity index (χ0) is 16.8. The lowest BCUT2D eigenvalue weighted by Crippen LogP contribution is -1.92. The van der Waals surface area contributed by atoms with Crippen molar-refractivity contribution in [2.24, 2.45) is 4.99 Å². The number of thioether (sulfide) groups is 1. The van der Waals surface area contributed by atoms with Crippen LogP contribution < -0.4 is 0 Å². The number of hydrogen-bond acceptors (Lipinski definition) is 3. The average Bonchev–Trinajstić information content (AvgIpc) is 3.12. The lowest BCUT2D eigenvalue weighted by molar-refractivity contribution is 0.626. The fourth-order valence-electron chi connectivity index (χ4n) is 2.05. The maximum absolute atomic E-state index is 12.9. The molecule has 1 nitrogen and oxygen atoms in total. The summed E-state index contributed by atoms with van der Waals surface area (Å²) in [5.74, 6) is -0.219. The molecule has 0 unspecified atom stereocenters. The van der Waals surface area contributed by atoms with E-state index in [1.54, 1.807) is 35.2 Å². The molecule has 0 saturated carbocycles. The van der Waals surface area contributed by atoms with Gasteiger partial charge in [-0.05, 0) is 66.3 Å². The standard InChI is InChI=1S/C20H16FNS2/c1-15-4-8-17(9-5-15)22-19(20-3-2-13-24-20)12-14-23-18-10-6-16(21)7-11-18/h2-14H,1H3. The summed E-state index contributed by atoms with van der Waals surface area (Å²) >= 11 is 3.21. The van der Waals surface area contributed by atoms with Crippen molar-refractivity contribution in [3.63, 3.8) is 0 Å². The van der Waals surface area contributed by atoms with Crippen LogP contribution in [0, 0.1) is 12.7 Å². The Morgan fingerprint density at radius 3 is 2.46 bits per heavy atom. The number of thiophene rings is 1. The quantitative estimate of drug-likeness (QED) is 0.371. The number of hydrogen-bond donors (Lipinski definition) is 0. The van der Waals surface area contributed by atoms with Crippen LogP contribution in [0.1, 0.15) is 10.4 Å². The van der Waals surface area contributed by atoms with Gasteiger partial charge in [0.25, 0.3) is 0 Å². The van der Waals surface area contributed by atoms with Crippen LogP contribution in [0.4, 0.5) is 10.1 Å². The van der Waals surface area contributed by atoms with E-state index in [9.17, 15) is 4.39 Å². The van der Waals surface area contributed by atoms with Gasteiger partial charge in [0, 0.05) is 4.90 Å². The van der Waals surface area contributed by atoms with Crippen molar-refractivity contribution in [1.82, 2.24) is 0 Å². The Balaban J connectivity index is 1.81. The minimum absolute atomic E-state index is 0.219. The first-order valence-electron chi connectivity index (χ1n) is 7.49. The molecular weight excluding hydrogens is 337 g/mol. The molecule has 0 aliphatic carbocycles. The molecule has 1 aromatic heterocycles. The lowest BCUT2D eigenvalue weighted by Gasteiger charge is -2.01. The molecule has 0 radical (unpaired) electrons. The Kier molecular flexibility index (Phi) is 5.62.